The summed E-state index contributed by atoms with van der Waals surface area (Å²) in [5.41, 5.74) is 9.69. The predicted octanol–water partition coefficient (Wildman–Crippen LogP) is 3.14. The van der Waals surface area contributed by atoms with E-state index in [-0.39, 0.29) is 0 Å². The summed E-state index contributed by atoms with van der Waals surface area (Å²) < 4.78 is 5.39. The summed E-state index contributed by atoms with van der Waals surface area (Å²) in [6, 6.07) is 6.98. The number of benzene rings is 1. The van der Waals surface area contributed by atoms with E-state index in [0.29, 0.717) is 5.69 Å². The van der Waals surface area contributed by atoms with Crippen molar-refractivity contribution in [1.29, 1.82) is 0 Å². The number of hydrogen-bond donors (Lipinski definition) is 1. The molecule has 2 N–H and O–H groups in total. The van der Waals surface area contributed by atoms with Gasteiger partial charge in [-0.25, -0.2) is 0 Å². The van der Waals surface area contributed by atoms with Crippen LogP contribution in [0.4, 0.5) is 11.4 Å². The van der Waals surface area contributed by atoms with Crippen molar-refractivity contribution >= 4 is 11.4 Å². The van der Waals surface area contributed by atoms with Gasteiger partial charge < -0.3 is 15.4 Å². The van der Waals surface area contributed by atoms with E-state index in [9.17, 15) is 0 Å². The second-order valence-electron chi connectivity index (χ2n) is 8.43. The van der Waals surface area contributed by atoms with Crippen LogP contribution < -0.4 is 15.4 Å². The van der Waals surface area contributed by atoms with Crippen LogP contribution in [0.5, 0.6) is 5.75 Å². The van der Waals surface area contributed by atoms with Gasteiger partial charge in [0.1, 0.15) is 5.75 Å². The zero-order chi connectivity index (χ0) is 17.0. The summed E-state index contributed by atoms with van der Waals surface area (Å²) in [4.78, 5) is 5.28. The molecule has 0 aromatic heterocycles. The van der Waals surface area contributed by atoms with Gasteiger partial charge in [-0.15, -0.1) is 0 Å². The van der Waals surface area contributed by atoms with Gasteiger partial charge in [0.2, 0.25) is 0 Å². The zero-order valence-corrected chi connectivity index (χ0v) is 15.2. The van der Waals surface area contributed by atoms with Gasteiger partial charge in [0.25, 0.3) is 0 Å². The largest absolute Gasteiger partial charge is 0.495 e. The van der Waals surface area contributed by atoms with E-state index in [1.807, 2.05) is 6.07 Å². The number of piperazine rings is 1. The van der Waals surface area contributed by atoms with E-state index in [0.717, 1.165) is 42.6 Å². The van der Waals surface area contributed by atoms with Crippen molar-refractivity contribution in [3.63, 3.8) is 0 Å². The molecular weight excluding hydrogens is 310 g/mol. The molecule has 4 nitrogen and oxygen atoms in total. The fourth-order valence-corrected chi connectivity index (χ4v) is 6.05. The van der Waals surface area contributed by atoms with Crippen LogP contribution in [0.15, 0.2) is 29.8 Å². The molecule has 134 valence electrons. The highest BCUT2D eigenvalue weighted by atomic mass is 16.5. The fraction of sp³-hybridized carbons (Fsp3) is 0.619. The molecule has 1 aliphatic heterocycles. The number of ether oxygens (including phenoxy) is 1. The normalized spacial score (nSPS) is 34.3. The Kier molecular flexibility index (Phi) is 3.70. The van der Waals surface area contributed by atoms with Gasteiger partial charge >= 0.3 is 0 Å². The van der Waals surface area contributed by atoms with Crippen molar-refractivity contribution in [3.8, 4) is 5.75 Å². The topological polar surface area (TPSA) is 41.7 Å². The molecule has 25 heavy (non-hydrogen) atoms. The molecule has 4 atom stereocenters. The van der Waals surface area contributed by atoms with Crippen molar-refractivity contribution in [2.45, 2.75) is 31.7 Å². The molecule has 5 aliphatic rings. The average molecular weight is 339 g/mol. The van der Waals surface area contributed by atoms with Gasteiger partial charge in [0.15, 0.2) is 0 Å². The number of allylic oxidation sites excluding steroid dienone is 1. The molecule has 4 bridgehead atoms. The maximum atomic E-state index is 5.96. The molecule has 3 fully saturated rings. The summed E-state index contributed by atoms with van der Waals surface area (Å²) >= 11 is 0. The number of nitrogen functional groups attached to an aromatic ring is 1. The Bertz CT molecular complexity index is 692. The van der Waals surface area contributed by atoms with Crippen LogP contribution in [0.3, 0.4) is 0 Å². The summed E-state index contributed by atoms with van der Waals surface area (Å²) in [5.74, 6) is 3.56. The second kappa shape index (κ2) is 5.94. The summed E-state index contributed by atoms with van der Waals surface area (Å²) in [5, 5.41) is 0. The lowest BCUT2D eigenvalue weighted by atomic mass is 9.58. The van der Waals surface area contributed by atoms with E-state index >= 15 is 0 Å². The first-order valence-corrected chi connectivity index (χ1v) is 9.83. The predicted molar refractivity (Wildman–Crippen MR) is 102 cm³/mol. The van der Waals surface area contributed by atoms with Crippen LogP contribution in [0, 0.1) is 17.8 Å². The molecule has 1 saturated heterocycles. The number of methoxy groups -OCH3 is 1. The molecule has 4 unspecified atom stereocenters. The minimum Gasteiger partial charge on any atom is -0.495 e. The van der Waals surface area contributed by atoms with Crippen molar-refractivity contribution in [3.05, 3.63) is 29.8 Å². The molecule has 2 saturated carbocycles. The number of hydrogen-bond acceptors (Lipinski definition) is 4. The highest BCUT2D eigenvalue weighted by molar-refractivity contribution is 5.62. The first kappa shape index (κ1) is 15.6. The molecule has 6 rings (SSSR count). The third-order valence-electron chi connectivity index (χ3n) is 7.01. The van der Waals surface area contributed by atoms with Crippen LogP contribution in [0.25, 0.3) is 0 Å². The number of nitrogens with two attached hydrogens (primary N) is 1. The minimum absolute atomic E-state index is 0.714. The Balaban J connectivity index is 1.28. The lowest BCUT2D eigenvalue weighted by molar-refractivity contribution is 0.0211. The molecule has 1 aromatic rings. The van der Waals surface area contributed by atoms with E-state index in [4.69, 9.17) is 10.5 Å². The highest BCUT2D eigenvalue weighted by Crippen LogP contribution is 2.52. The van der Waals surface area contributed by atoms with Gasteiger partial charge in [-0.3, -0.25) is 4.90 Å². The van der Waals surface area contributed by atoms with E-state index in [1.54, 1.807) is 12.7 Å². The number of anilines is 2. The van der Waals surface area contributed by atoms with E-state index < -0.39 is 0 Å². The number of rotatable bonds is 3. The van der Waals surface area contributed by atoms with Gasteiger partial charge in [0, 0.05) is 44.0 Å². The molecular formula is C21H29N3O. The third kappa shape index (κ3) is 2.62. The monoisotopic (exact) mass is 339 g/mol. The molecule has 0 amide bonds. The standard InChI is InChI=1S/C21H29N3O/c1-25-20-13-18(2-3-19(20)22)23-4-6-24(7-5-23)21-16-9-14-8-15(11-16)12-17(21)10-14/h2-3,9,13,15-17,21H,4-8,10-12,22H2,1H3. The van der Waals surface area contributed by atoms with Crippen LogP contribution in [0.2, 0.25) is 0 Å². The molecule has 0 radical (unpaired) electrons. The van der Waals surface area contributed by atoms with Gasteiger partial charge in [-0.1, -0.05) is 11.6 Å². The SMILES string of the molecule is COc1cc(N2CCN(C3C4C=C5CC(C4)CC3C5)CC2)ccc1N. The first-order valence-electron chi connectivity index (χ1n) is 9.83. The Hall–Kier alpha value is -1.68. The van der Waals surface area contributed by atoms with E-state index in [1.165, 1.54) is 44.5 Å². The molecule has 0 spiro atoms. The van der Waals surface area contributed by atoms with Gasteiger partial charge in [0.05, 0.1) is 12.8 Å². The average Bonchev–Trinajstić information content (AvgIpc) is 2.62. The Morgan fingerprint density at radius 1 is 1.08 bits per heavy atom. The zero-order valence-electron chi connectivity index (χ0n) is 15.2. The number of nitrogens with zero attached hydrogens (tertiary/aromatic N) is 2. The van der Waals surface area contributed by atoms with Crippen LogP contribution >= 0.6 is 0 Å². The fourth-order valence-electron chi connectivity index (χ4n) is 6.05. The summed E-state index contributed by atoms with van der Waals surface area (Å²) in [7, 11) is 1.69. The van der Waals surface area contributed by atoms with Crippen LogP contribution in [-0.4, -0.2) is 44.2 Å². The maximum absolute atomic E-state index is 5.96. The van der Waals surface area contributed by atoms with E-state index in [2.05, 4.69) is 28.0 Å². The summed E-state index contributed by atoms with van der Waals surface area (Å²) in [6.45, 7) is 4.56. The molecule has 1 heterocycles. The molecule has 4 aliphatic carbocycles. The van der Waals surface area contributed by atoms with Crippen molar-refractivity contribution in [2.75, 3.05) is 43.9 Å². The van der Waals surface area contributed by atoms with Gasteiger partial charge in [-0.05, 0) is 55.6 Å². The highest BCUT2D eigenvalue weighted by Gasteiger charge is 2.46. The Morgan fingerprint density at radius 3 is 2.64 bits per heavy atom. The third-order valence-corrected chi connectivity index (χ3v) is 7.01. The molecule has 4 heteroatoms. The first-order chi connectivity index (χ1) is 12.2. The van der Waals surface area contributed by atoms with Crippen molar-refractivity contribution < 1.29 is 4.74 Å². The quantitative estimate of drug-likeness (QED) is 0.678. The second-order valence-corrected chi connectivity index (χ2v) is 8.43. The van der Waals surface area contributed by atoms with Crippen LogP contribution in [0.1, 0.15) is 25.7 Å². The lowest BCUT2D eigenvalue weighted by Crippen LogP contribution is -2.58. The van der Waals surface area contributed by atoms with Gasteiger partial charge in [-0.2, -0.15) is 0 Å². The van der Waals surface area contributed by atoms with Crippen molar-refractivity contribution in [1.82, 2.24) is 4.90 Å². The minimum atomic E-state index is 0.714. The Labute approximate surface area is 150 Å². The summed E-state index contributed by atoms with van der Waals surface area (Å²) in [6.07, 6.45) is 8.36. The lowest BCUT2D eigenvalue weighted by Gasteiger charge is -2.55. The van der Waals surface area contributed by atoms with Crippen molar-refractivity contribution in [2.24, 2.45) is 17.8 Å². The maximum Gasteiger partial charge on any atom is 0.143 e. The molecule has 1 aromatic carbocycles. The van der Waals surface area contributed by atoms with Crippen LogP contribution in [-0.2, 0) is 0 Å². The Morgan fingerprint density at radius 2 is 1.92 bits per heavy atom. The smallest absolute Gasteiger partial charge is 0.143 e.